The molecular formula is C11H17Br. The van der Waals surface area contributed by atoms with Crippen LogP contribution in [-0.2, 0) is 0 Å². The Morgan fingerprint density at radius 3 is 2.25 bits per heavy atom. The summed E-state index contributed by atoms with van der Waals surface area (Å²) in [4.78, 5) is 1.97. The number of hydrogen-bond donors (Lipinski definition) is 0. The summed E-state index contributed by atoms with van der Waals surface area (Å²) in [6.45, 7) is 10.2. The first-order valence-corrected chi connectivity index (χ1v) is 5.08. The highest BCUT2D eigenvalue weighted by Crippen LogP contribution is 2.16. The number of halogens is 1. The van der Waals surface area contributed by atoms with Crippen LogP contribution in [0.25, 0.3) is 0 Å². The molecule has 0 unspecified atom stereocenters. The van der Waals surface area contributed by atoms with Gasteiger partial charge in [-0.3, -0.25) is 0 Å². The molecule has 0 aliphatic rings. The zero-order chi connectivity index (χ0) is 9.56. The van der Waals surface area contributed by atoms with Gasteiger partial charge < -0.3 is 0 Å². The third-order valence-corrected chi connectivity index (χ3v) is 2.20. The van der Waals surface area contributed by atoms with Crippen LogP contribution in [0.4, 0.5) is 0 Å². The second kappa shape index (κ2) is 6.24. The molecule has 0 aliphatic heterocycles. The van der Waals surface area contributed by atoms with Crippen molar-refractivity contribution in [2.45, 2.75) is 33.6 Å². The Morgan fingerprint density at radius 2 is 1.92 bits per heavy atom. The van der Waals surface area contributed by atoms with Crippen LogP contribution in [0.3, 0.4) is 0 Å². The van der Waals surface area contributed by atoms with Crippen LogP contribution in [0, 0.1) is 0 Å². The first kappa shape index (κ1) is 11.7. The van der Waals surface area contributed by atoms with E-state index >= 15 is 0 Å². The van der Waals surface area contributed by atoms with Crippen LogP contribution >= 0.6 is 15.9 Å². The number of hydrogen-bond acceptors (Lipinski definition) is 0. The molecule has 0 bridgehead atoms. The minimum absolute atomic E-state index is 1.08. The van der Waals surface area contributed by atoms with Gasteiger partial charge in [-0.05, 0) is 44.2 Å². The van der Waals surface area contributed by atoms with Crippen molar-refractivity contribution >= 4 is 15.9 Å². The Balaban J connectivity index is 3.92. The van der Waals surface area contributed by atoms with Crippen LogP contribution in [0.15, 0.2) is 34.4 Å². The quantitative estimate of drug-likeness (QED) is 0.488. The third kappa shape index (κ3) is 5.36. The molecule has 0 aromatic heterocycles. The molecule has 0 rings (SSSR count). The first-order valence-electron chi connectivity index (χ1n) is 4.16. The standard InChI is InChI=1S/C11H17Br/c1-9(2)6-5-7-11(8-12)10(3)4/h6,8H,3,5,7H2,1-2,4H3/b11-8+. The van der Waals surface area contributed by atoms with Crippen LogP contribution in [0.1, 0.15) is 33.6 Å². The molecule has 0 aliphatic carbocycles. The van der Waals surface area contributed by atoms with E-state index in [1.165, 1.54) is 11.1 Å². The van der Waals surface area contributed by atoms with Crippen LogP contribution < -0.4 is 0 Å². The molecule has 0 amide bonds. The fraction of sp³-hybridized carbons (Fsp3) is 0.455. The highest BCUT2D eigenvalue weighted by Gasteiger charge is 1.95. The zero-order valence-electron chi connectivity index (χ0n) is 8.15. The second-order valence-electron chi connectivity index (χ2n) is 3.23. The largest absolute Gasteiger partial charge is 0.0958 e. The van der Waals surface area contributed by atoms with E-state index in [9.17, 15) is 0 Å². The molecule has 0 fully saturated rings. The van der Waals surface area contributed by atoms with E-state index < -0.39 is 0 Å². The molecule has 68 valence electrons. The number of allylic oxidation sites excluding steroid dienone is 4. The van der Waals surface area contributed by atoms with Crippen molar-refractivity contribution < 1.29 is 0 Å². The van der Waals surface area contributed by atoms with Gasteiger partial charge in [-0.2, -0.15) is 0 Å². The lowest BCUT2D eigenvalue weighted by Crippen LogP contribution is -1.82. The summed E-state index contributed by atoms with van der Waals surface area (Å²) in [7, 11) is 0. The van der Waals surface area contributed by atoms with Gasteiger partial charge in [0.2, 0.25) is 0 Å². The Bertz CT molecular complexity index is 205. The SMILES string of the molecule is C=C(C)/C(=C/Br)CCC=C(C)C. The van der Waals surface area contributed by atoms with Crippen LogP contribution in [0.2, 0.25) is 0 Å². The molecule has 0 aromatic rings. The van der Waals surface area contributed by atoms with Gasteiger partial charge in [0.1, 0.15) is 0 Å². The van der Waals surface area contributed by atoms with Crippen molar-refractivity contribution in [3.05, 3.63) is 34.4 Å². The molecule has 0 radical (unpaired) electrons. The van der Waals surface area contributed by atoms with Gasteiger partial charge in [0.25, 0.3) is 0 Å². The van der Waals surface area contributed by atoms with E-state index in [-0.39, 0.29) is 0 Å². The maximum absolute atomic E-state index is 3.91. The fourth-order valence-corrected chi connectivity index (χ4v) is 1.50. The molecule has 0 saturated carbocycles. The van der Waals surface area contributed by atoms with Crippen molar-refractivity contribution in [1.82, 2.24) is 0 Å². The van der Waals surface area contributed by atoms with Gasteiger partial charge in [0.05, 0.1) is 0 Å². The van der Waals surface area contributed by atoms with Gasteiger partial charge in [-0.25, -0.2) is 0 Å². The zero-order valence-corrected chi connectivity index (χ0v) is 9.74. The predicted molar refractivity (Wildman–Crippen MR) is 60.5 cm³/mol. The topological polar surface area (TPSA) is 0 Å². The van der Waals surface area contributed by atoms with Crippen molar-refractivity contribution in [3.63, 3.8) is 0 Å². The highest BCUT2D eigenvalue weighted by atomic mass is 79.9. The third-order valence-electron chi connectivity index (χ3n) is 1.65. The summed E-state index contributed by atoms with van der Waals surface area (Å²) in [5.74, 6) is 0. The summed E-state index contributed by atoms with van der Waals surface area (Å²) in [6.07, 6.45) is 4.43. The molecular weight excluding hydrogens is 212 g/mol. The molecule has 0 spiro atoms. The maximum atomic E-state index is 3.91. The summed E-state index contributed by atoms with van der Waals surface area (Å²) in [6, 6.07) is 0. The normalized spacial score (nSPS) is 11.2. The molecule has 0 N–H and O–H groups in total. The summed E-state index contributed by atoms with van der Waals surface area (Å²) >= 11 is 3.34. The van der Waals surface area contributed by atoms with Crippen molar-refractivity contribution in [2.24, 2.45) is 0 Å². The van der Waals surface area contributed by atoms with Crippen LogP contribution in [0.5, 0.6) is 0 Å². The molecule has 0 saturated heterocycles. The highest BCUT2D eigenvalue weighted by molar-refractivity contribution is 9.11. The molecule has 0 heterocycles. The molecule has 0 aromatic carbocycles. The predicted octanol–water partition coefficient (Wildman–Crippen LogP) is 4.59. The van der Waals surface area contributed by atoms with E-state index in [2.05, 4.69) is 42.4 Å². The van der Waals surface area contributed by atoms with Crippen LogP contribution in [-0.4, -0.2) is 0 Å². The lowest BCUT2D eigenvalue weighted by atomic mass is 10.1. The Hall–Kier alpha value is -0.300. The van der Waals surface area contributed by atoms with Crippen molar-refractivity contribution in [1.29, 1.82) is 0 Å². The maximum Gasteiger partial charge on any atom is -0.0154 e. The minimum Gasteiger partial charge on any atom is -0.0958 e. The lowest BCUT2D eigenvalue weighted by Gasteiger charge is -2.02. The smallest absolute Gasteiger partial charge is 0.0154 e. The Morgan fingerprint density at radius 1 is 1.33 bits per heavy atom. The second-order valence-corrected chi connectivity index (χ2v) is 3.69. The molecule has 12 heavy (non-hydrogen) atoms. The van der Waals surface area contributed by atoms with Gasteiger partial charge in [0, 0.05) is 0 Å². The Labute approximate surface area is 84.2 Å². The molecule has 1 heteroatoms. The fourth-order valence-electron chi connectivity index (χ4n) is 0.877. The van der Waals surface area contributed by atoms with Gasteiger partial charge in [-0.1, -0.05) is 39.7 Å². The summed E-state index contributed by atoms with van der Waals surface area (Å²) in [5.41, 5.74) is 3.83. The van der Waals surface area contributed by atoms with E-state index in [4.69, 9.17) is 0 Å². The van der Waals surface area contributed by atoms with Gasteiger partial charge in [-0.15, -0.1) is 0 Å². The molecule has 0 nitrogen and oxygen atoms in total. The van der Waals surface area contributed by atoms with E-state index in [1.807, 2.05) is 11.9 Å². The number of rotatable bonds is 4. The molecule has 0 atom stereocenters. The lowest BCUT2D eigenvalue weighted by molar-refractivity contribution is 0.979. The summed E-state index contributed by atoms with van der Waals surface area (Å²) in [5, 5.41) is 0. The van der Waals surface area contributed by atoms with Crippen molar-refractivity contribution in [3.8, 4) is 0 Å². The first-order chi connectivity index (χ1) is 5.57. The van der Waals surface area contributed by atoms with E-state index in [1.54, 1.807) is 0 Å². The Kier molecular flexibility index (Phi) is 6.09. The van der Waals surface area contributed by atoms with E-state index in [0.717, 1.165) is 18.4 Å². The average Bonchev–Trinajstić information content (AvgIpc) is 1.96. The monoisotopic (exact) mass is 228 g/mol. The average molecular weight is 229 g/mol. The van der Waals surface area contributed by atoms with Crippen molar-refractivity contribution in [2.75, 3.05) is 0 Å². The van der Waals surface area contributed by atoms with Gasteiger partial charge >= 0.3 is 0 Å². The summed E-state index contributed by atoms with van der Waals surface area (Å²) < 4.78 is 0. The van der Waals surface area contributed by atoms with Gasteiger partial charge in [0.15, 0.2) is 0 Å². The minimum atomic E-state index is 1.08. The van der Waals surface area contributed by atoms with E-state index in [0.29, 0.717) is 0 Å².